The van der Waals surface area contributed by atoms with E-state index in [4.69, 9.17) is 43.9 Å². The number of epoxide rings is 2. The number of aromatic hydroxyl groups is 2. The molecule has 12 heteroatoms. The van der Waals surface area contributed by atoms with Crippen molar-refractivity contribution in [3.63, 3.8) is 0 Å². The SMILES string of the molecule is CC(C)(C)OCC1CO1.CC(C)(C)OC[C@@H]1CO1.CC(C)(C)OC[C@H](O)CO.CC(C)(C)c1cc(C=N[C@@H]2CCCC[C@H]2N=Cc2cc(C(C)(C)C)cc(C(C)(C)C)c2O)c(O)c(C(C)(C)C)c1.[Co]. The minimum absolute atomic E-state index is 0. The summed E-state index contributed by atoms with van der Waals surface area (Å²) < 4.78 is 26.0. The molecule has 1 radical (unpaired) electrons. The normalized spacial score (nSPS) is 20.4. The van der Waals surface area contributed by atoms with Gasteiger partial charge in [-0.15, -0.1) is 0 Å². The van der Waals surface area contributed by atoms with Crippen LogP contribution in [0.3, 0.4) is 0 Å². The van der Waals surface area contributed by atoms with Crippen LogP contribution < -0.4 is 0 Å². The third-order valence-electron chi connectivity index (χ3n) is 11.3. The van der Waals surface area contributed by atoms with Crippen molar-refractivity contribution in [2.24, 2.45) is 9.98 Å². The molecule has 4 N–H and O–H groups in total. The molecule has 1 saturated carbocycles. The number of aliphatic imine (C=N–C) groups is 2. The van der Waals surface area contributed by atoms with Gasteiger partial charge >= 0.3 is 0 Å². The summed E-state index contributed by atoms with van der Waals surface area (Å²) >= 11 is 0. The zero-order chi connectivity index (χ0) is 52.3. The van der Waals surface area contributed by atoms with Crippen LogP contribution in [0.5, 0.6) is 11.5 Å². The third kappa shape index (κ3) is 26.2. The second kappa shape index (κ2) is 26.5. The first-order chi connectivity index (χ1) is 30.8. The average molecular weight is 1010 g/mol. The molecular weight excluding hydrogens is 916 g/mol. The molecule has 2 heterocycles. The van der Waals surface area contributed by atoms with E-state index in [-0.39, 0.29) is 80.5 Å². The molecule has 0 aromatic heterocycles. The Balaban J connectivity index is 0.000000656. The summed E-state index contributed by atoms with van der Waals surface area (Å²) in [6.07, 6.45) is 7.94. The number of aliphatic hydroxyl groups excluding tert-OH is 2. The number of aliphatic hydroxyl groups is 2. The van der Waals surface area contributed by atoms with Crippen molar-refractivity contribution in [3.8, 4) is 11.5 Å². The molecule has 3 aliphatic rings. The maximum Gasteiger partial charge on any atom is 0.128 e. The fraction of sp³-hybridized carbons (Fsp3) is 0.754. The number of ether oxygens (including phenoxy) is 5. The maximum atomic E-state index is 11.2. The van der Waals surface area contributed by atoms with Gasteiger partial charge in [0.2, 0.25) is 0 Å². The summed E-state index contributed by atoms with van der Waals surface area (Å²) in [6.45, 7) is 47.3. The van der Waals surface area contributed by atoms with Crippen molar-refractivity contribution < 1.29 is 60.9 Å². The fourth-order valence-electron chi connectivity index (χ4n) is 6.73. The topological polar surface area (TPSA) is 158 Å². The predicted octanol–water partition coefficient (Wildman–Crippen LogP) is 11.7. The zero-order valence-corrected chi connectivity index (χ0v) is 48.0. The number of benzene rings is 2. The van der Waals surface area contributed by atoms with Gasteiger partial charge in [-0.2, -0.15) is 0 Å². The Morgan fingerprint density at radius 2 is 0.870 bits per heavy atom. The summed E-state index contributed by atoms with van der Waals surface area (Å²) in [6, 6.07) is 8.53. The van der Waals surface area contributed by atoms with Crippen molar-refractivity contribution in [1.29, 1.82) is 0 Å². The number of nitrogens with zero attached hydrogens (tertiary/aromatic N) is 2. The maximum absolute atomic E-state index is 11.2. The number of phenols is 2. The van der Waals surface area contributed by atoms with Crippen molar-refractivity contribution in [1.82, 2.24) is 0 Å². The number of phenolic OH excluding ortho intramolecular Hbond substituents is 2. The van der Waals surface area contributed by atoms with Crippen molar-refractivity contribution in [3.05, 3.63) is 57.6 Å². The van der Waals surface area contributed by atoms with Crippen LogP contribution in [0.2, 0.25) is 0 Å². The van der Waals surface area contributed by atoms with Gasteiger partial charge < -0.3 is 44.1 Å². The van der Waals surface area contributed by atoms with E-state index < -0.39 is 6.10 Å². The summed E-state index contributed by atoms with van der Waals surface area (Å²) in [5.41, 5.74) is 5.14. The molecule has 0 spiro atoms. The van der Waals surface area contributed by atoms with E-state index in [1.165, 1.54) is 11.1 Å². The minimum Gasteiger partial charge on any atom is -0.507 e. The van der Waals surface area contributed by atoms with Crippen LogP contribution in [0.25, 0.3) is 0 Å². The predicted molar refractivity (Wildman–Crippen MR) is 282 cm³/mol. The van der Waals surface area contributed by atoms with E-state index in [0.29, 0.717) is 23.7 Å². The van der Waals surface area contributed by atoms with Crippen molar-refractivity contribution >= 4 is 12.4 Å². The summed E-state index contributed by atoms with van der Waals surface area (Å²) in [5, 5.41) is 39.7. The first-order valence-electron chi connectivity index (χ1n) is 25.1. The van der Waals surface area contributed by atoms with Crippen molar-refractivity contribution in [2.75, 3.05) is 39.6 Å². The zero-order valence-electron chi connectivity index (χ0n) is 47.0. The molecule has 3 fully saturated rings. The fourth-order valence-corrected chi connectivity index (χ4v) is 6.73. The van der Waals surface area contributed by atoms with Crippen LogP contribution in [0.15, 0.2) is 34.3 Å². The largest absolute Gasteiger partial charge is 0.507 e. The van der Waals surface area contributed by atoms with Gasteiger partial charge in [-0.1, -0.05) is 108 Å². The quantitative estimate of drug-likeness (QED) is 0.127. The van der Waals surface area contributed by atoms with Crippen LogP contribution in [0.1, 0.15) is 204 Å². The first kappa shape index (κ1) is 64.6. The van der Waals surface area contributed by atoms with Gasteiger partial charge in [0, 0.05) is 51.5 Å². The molecule has 2 saturated heterocycles. The van der Waals surface area contributed by atoms with E-state index in [9.17, 15) is 10.2 Å². The van der Waals surface area contributed by atoms with Gasteiger partial charge in [0.1, 0.15) is 29.8 Å². The Hall–Kier alpha value is -2.39. The second-order valence-electron chi connectivity index (χ2n) is 25.9. The van der Waals surface area contributed by atoms with Crippen molar-refractivity contribution in [2.45, 2.75) is 240 Å². The summed E-state index contributed by atoms with van der Waals surface area (Å²) in [5.74, 6) is 0.637. The molecule has 2 aliphatic heterocycles. The molecule has 2 aromatic carbocycles. The average Bonchev–Trinajstić information content (AvgIpc) is 4.12. The molecule has 0 bridgehead atoms. The van der Waals surface area contributed by atoms with E-state index in [0.717, 1.165) is 74.4 Å². The number of rotatable bonds is 11. The Morgan fingerprint density at radius 1 is 0.551 bits per heavy atom. The van der Waals surface area contributed by atoms with Crippen LogP contribution in [0.4, 0.5) is 0 Å². The Morgan fingerprint density at radius 3 is 1.12 bits per heavy atom. The Kier molecular flexibility index (Phi) is 24.8. The molecule has 399 valence electrons. The molecule has 0 amide bonds. The van der Waals surface area contributed by atoms with Gasteiger partial charge in [0.25, 0.3) is 0 Å². The molecular formula is C57H98CoN2O9. The number of hydrogen-bond acceptors (Lipinski definition) is 11. The minimum atomic E-state index is -0.751. The van der Waals surface area contributed by atoms with E-state index in [1.54, 1.807) is 0 Å². The van der Waals surface area contributed by atoms with Crippen LogP contribution >= 0.6 is 0 Å². The third-order valence-corrected chi connectivity index (χ3v) is 11.3. The molecule has 11 nitrogen and oxygen atoms in total. The van der Waals surface area contributed by atoms with Gasteiger partial charge in [-0.05, 0) is 120 Å². The van der Waals surface area contributed by atoms with Gasteiger partial charge in [0.15, 0.2) is 0 Å². The standard InChI is InChI=1S/C36H54N2O2.C7H16O3.2C7H14O2.Co/c1-33(2,3)25-17-23(31(39)27(19-25)35(7,8)9)21-37-29-15-13-14-16-30(29)38-22-24-18-26(34(4,5)6)20-28(32(24)40)36(10,11)12;1-7(2,3)10-5-6(9)4-8;2*1-7(2,3)9-5-6-4-8-6;/h17-22,29-30,39-40H,13-16H2,1-12H3;6,8-9H,4-5H2,1-3H3;2*6H,4-5H2,1-3H3;/t29-,30-;2*6-;;/m110../s1. The van der Waals surface area contributed by atoms with Gasteiger partial charge in [0.05, 0.1) is 68.5 Å². The molecule has 5 atom stereocenters. The Bertz CT molecular complexity index is 1760. The van der Waals surface area contributed by atoms with Gasteiger partial charge in [-0.25, -0.2) is 0 Å². The van der Waals surface area contributed by atoms with E-state index in [1.807, 2.05) is 33.2 Å². The molecule has 5 rings (SSSR count). The molecule has 1 aliphatic carbocycles. The Labute approximate surface area is 430 Å². The smallest absolute Gasteiger partial charge is 0.128 e. The number of hydrogen-bond donors (Lipinski definition) is 4. The summed E-state index contributed by atoms with van der Waals surface area (Å²) in [4.78, 5) is 10.1. The second-order valence-corrected chi connectivity index (χ2v) is 25.9. The van der Waals surface area contributed by atoms with Crippen LogP contribution in [0, 0.1) is 0 Å². The van der Waals surface area contributed by atoms with Crippen LogP contribution in [-0.4, -0.2) is 120 Å². The van der Waals surface area contributed by atoms with E-state index in [2.05, 4.69) is 149 Å². The van der Waals surface area contributed by atoms with E-state index >= 15 is 0 Å². The summed E-state index contributed by atoms with van der Waals surface area (Å²) in [7, 11) is 0. The van der Waals surface area contributed by atoms with Gasteiger partial charge in [-0.3, -0.25) is 9.98 Å². The first-order valence-corrected chi connectivity index (χ1v) is 25.1. The monoisotopic (exact) mass is 1010 g/mol. The molecule has 2 aromatic rings. The van der Waals surface area contributed by atoms with Crippen LogP contribution in [-0.2, 0) is 62.1 Å². The molecule has 1 unspecified atom stereocenters. The molecule has 69 heavy (non-hydrogen) atoms.